The highest BCUT2D eigenvalue weighted by atomic mass is 79.9. The number of rotatable bonds is 2. The molecule has 15 heavy (non-hydrogen) atoms. The number of aromatic nitrogens is 1. The molecule has 0 aromatic carbocycles. The number of nitrogens with zero attached hydrogens (tertiary/aromatic N) is 2. The summed E-state index contributed by atoms with van der Waals surface area (Å²) in [6.45, 7) is 1.09. The second-order valence-electron chi connectivity index (χ2n) is 4.62. The van der Waals surface area contributed by atoms with E-state index < -0.39 is 0 Å². The van der Waals surface area contributed by atoms with Crippen LogP contribution in [0.2, 0.25) is 0 Å². The van der Waals surface area contributed by atoms with Crippen molar-refractivity contribution in [3.05, 3.63) is 28.5 Å². The van der Waals surface area contributed by atoms with E-state index in [1.54, 1.807) is 0 Å². The molecule has 1 aromatic heterocycles. The Labute approximate surface area is 98.8 Å². The lowest BCUT2D eigenvalue weighted by Gasteiger charge is -2.21. The first-order valence-corrected chi connectivity index (χ1v) is 6.48. The highest BCUT2D eigenvalue weighted by Crippen LogP contribution is 2.38. The molecule has 2 bridgehead atoms. The van der Waals surface area contributed by atoms with E-state index in [0.717, 1.165) is 23.2 Å². The van der Waals surface area contributed by atoms with Gasteiger partial charge < -0.3 is 0 Å². The molecule has 3 rings (SSSR count). The van der Waals surface area contributed by atoms with Crippen molar-refractivity contribution in [2.45, 2.75) is 44.3 Å². The van der Waals surface area contributed by atoms with E-state index in [9.17, 15) is 0 Å². The van der Waals surface area contributed by atoms with Gasteiger partial charge in [-0.2, -0.15) is 0 Å². The molecule has 2 aliphatic rings. The lowest BCUT2D eigenvalue weighted by molar-refractivity contribution is 0.243. The van der Waals surface area contributed by atoms with Gasteiger partial charge in [-0.05, 0) is 53.2 Å². The van der Waals surface area contributed by atoms with Crippen molar-refractivity contribution >= 4 is 15.9 Å². The maximum atomic E-state index is 4.28. The quantitative estimate of drug-likeness (QED) is 0.766. The average molecular weight is 267 g/mol. The molecule has 2 aliphatic heterocycles. The number of hydrogen-bond donors (Lipinski definition) is 0. The Morgan fingerprint density at radius 1 is 1.20 bits per heavy atom. The molecular formula is C12H15BrN2. The van der Waals surface area contributed by atoms with Gasteiger partial charge in [-0.3, -0.25) is 4.90 Å². The summed E-state index contributed by atoms with van der Waals surface area (Å²) in [6, 6.07) is 5.93. The van der Waals surface area contributed by atoms with Crippen LogP contribution >= 0.6 is 15.9 Å². The van der Waals surface area contributed by atoms with Crippen LogP contribution in [-0.2, 0) is 6.54 Å². The normalized spacial score (nSPS) is 29.9. The molecule has 2 fully saturated rings. The van der Waals surface area contributed by atoms with E-state index in [1.807, 2.05) is 12.3 Å². The van der Waals surface area contributed by atoms with Crippen LogP contribution in [0.15, 0.2) is 22.9 Å². The van der Waals surface area contributed by atoms with Crippen LogP contribution in [0.1, 0.15) is 31.2 Å². The predicted octanol–water partition coefficient (Wildman–Crippen LogP) is 2.97. The SMILES string of the molecule is Brc1ccc(CN2C3CCC2CC3)cn1. The first kappa shape index (κ1) is 9.79. The summed E-state index contributed by atoms with van der Waals surface area (Å²) in [5.74, 6) is 0. The highest BCUT2D eigenvalue weighted by Gasteiger charge is 2.38. The fourth-order valence-electron chi connectivity index (χ4n) is 2.99. The highest BCUT2D eigenvalue weighted by molar-refractivity contribution is 9.10. The zero-order valence-electron chi connectivity index (χ0n) is 8.69. The molecule has 0 saturated carbocycles. The summed E-state index contributed by atoms with van der Waals surface area (Å²) in [5.41, 5.74) is 1.34. The van der Waals surface area contributed by atoms with Gasteiger partial charge >= 0.3 is 0 Å². The first-order valence-electron chi connectivity index (χ1n) is 5.69. The predicted molar refractivity (Wildman–Crippen MR) is 63.5 cm³/mol. The van der Waals surface area contributed by atoms with Gasteiger partial charge in [0.15, 0.2) is 0 Å². The zero-order chi connectivity index (χ0) is 10.3. The topological polar surface area (TPSA) is 16.1 Å². The largest absolute Gasteiger partial charge is 0.293 e. The van der Waals surface area contributed by atoms with Crippen LogP contribution in [0.25, 0.3) is 0 Å². The Bertz CT molecular complexity index is 329. The summed E-state index contributed by atoms with van der Waals surface area (Å²) in [7, 11) is 0. The monoisotopic (exact) mass is 266 g/mol. The maximum absolute atomic E-state index is 4.28. The molecule has 2 nitrogen and oxygen atoms in total. The van der Waals surface area contributed by atoms with E-state index in [2.05, 4.69) is 31.9 Å². The Kier molecular flexibility index (Phi) is 2.53. The van der Waals surface area contributed by atoms with Gasteiger partial charge in [0.05, 0.1) is 0 Å². The molecule has 0 radical (unpaired) electrons. The fourth-order valence-corrected chi connectivity index (χ4v) is 3.22. The zero-order valence-corrected chi connectivity index (χ0v) is 10.3. The van der Waals surface area contributed by atoms with Gasteiger partial charge in [0.25, 0.3) is 0 Å². The number of hydrogen-bond acceptors (Lipinski definition) is 2. The summed E-state index contributed by atoms with van der Waals surface area (Å²) < 4.78 is 0.927. The first-order chi connectivity index (χ1) is 7.33. The van der Waals surface area contributed by atoms with Crippen LogP contribution in [0, 0.1) is 0 Å². The molecule has 0 spiro atoms. The van der Waals surface area contributed by atoms with Crippen LogP contribution in [0.4, 0.5) is 0 Å². The van der Waals surface area contributed by atoms with E-state index in [4.69, 9.17) is 0 Å². The van der Waals surface area contributed by atoms with Gasteiger partial charge in [-0.25, -0.2) is 4.98 Å². The Hall–Kier alpha value is -0.410. The van der Waals surface area contributed by atoms with Crippen LogP contribution in [0.5, 0.6) is 0 Å². The van der Waals surface area contributed by atoms with Gasteiger partial charge in [0.1, 0.15) is 4.60 Å². The van der Waals surface area contributed by atoms with Crippen LogP contribution in [-0.4, -0.2) is 22.0 Å². The minimum absolute atomic E-state index is 0.860. The Morgan fingerprint density at radius 3 is 2.40 bits per heavy atom. The lowest BCUT2D eigenvalue weighted by atomic mass is 10.0. The summed E-state index contributed by atoms with van der Waals surface area (Å²) >= 11 is 3.37. The molecule has 2 saturated heterocycles. The Balaban J connectivity index is 1.73. The van der Waals surface area contributed by atoms with Gasteiger partial charge in [-0.15, -0.1) is 0 Å². The van der Waals surface area contributed by atoms with Crippen molar-refractivity contribution in [2.75, 3.05) is 0 Å². The van der Waals surface area contributed by atoms with Crippen molar-refractivity contribution in [1.29, 1.82) is 0 Å². The van der Waals surface area contributed by atoms with Gasteiger partial charge in [0.2, 0.25) is 0 Å². The second-order valence-corrected chi connectivity index (χ2v) is 5.44. The standard InChI is InChI=1S/C12H15BrN2/c13-12-6-1-9(7-14-12)8-15-10-2-3-11(15)5-4-10/h1,6-7,10-11H,2-5,8H2. The summed E-state index contributed by atoms with van der Waals surface area (Å²) in [5, 5.41) is 0. The minimum atomic E-state index is 0.860. The smallest absolute Gasteiger partial charge is 0.106 e. The molecule has 1 aromatic rings. The van der Waals surface area contributed by atoms with E-state index in [0.29, 0.717) is 0 Å². The van der Waals surface area contributed by atoms with E-state index in [-0.39, 0.29) is 0 Å². The number of halogens is 1. The van der Waals surface area contributed by atoms with Crippen molar-refractivity contribution in [1.82, 2.24) is 9.88 Å². The maximum Gasteiger partial charge on any atom is 0.106 e. The molecule has 0 atom stereocenters. The molecule has 0 unspecified atom stereocenters. The van der Waals surface area contributed by atoms with Crippen molar-refractivity contribution in [3.63, 3.8) is 0 Å². The fraction of sp³-hybridized carbons (Fsp3) is 0.583. The molecule has 3 heteroatoms. The third kappa shape index (κ3) is 1.83. The van der Waals surface area contributed by atoms with Crippen molar-refractivity contribution in [3.8, 4) is 0 Å². The van der Waals surface area contributed by atoms with Crippen molar-refractivity contribution < 1.29 is 0 Å². The molecule has 0 amide bonds. The lowest BCUT2D eigenvalue weighted by Crippen LogP contribution is -2.27. The number of fused-ring (bicyclic) bond motifs is 2. The molecule has 80 valence electrons. The third-order valence-corrected chi connectivity index (χ3v) is 4.23. The Morgan fingerprint density at radius 2 is 1.87 bits per heavy atom. The van der Waals surface area contributed by atoms with Gasteiger partial charge in [0, 0.05) is 24.8 Å². The summed E-state index contributed by atoms with van der Waals surface area (Å²) in [6.07, 6.45) is 7.63. The minimum Gasteiger partial charge on any atom is -0.293 e. The second kappa shape index (κ2) is 3.87. The van der Waals surface area contributed by atoms with Crippen molar-refractivity contribution in [2.24, 2.45) is 0 Å². The van der Waals surface area contributed by atoms with Crippen LogP contribution < -0.4 is 0 Å². The summed E-state index contributed by atoms with van der Waals surface area (Å²) in [4.78, 5) is 6.95. The third-order valence-electron chi connectivity index (χ3n) is 3.76. The van der Waals surface area contributed by atoms with Gasteiger partial charge in [-0.1, -0.05) is 6.07 Å². The molecular weight excluding hydrogens is 252 g/mol. The molecule has 0 aliphatic carbocycles. The average Bonchev–Trinajstić information content (AvgIpc) is 2.81. The van der Waals surface area contributed by atoms with Crippen LogP contribution in [0.3, 0.4) is 0 Å². The van der Waals surface area contributed by atoms with E-state index >= 15 is 0 Å². The molecule has 3 heterocycles. The van der Waals surface area contributed by atoms with E-state index in [1.165, 1.54) is 31.2 Å². The number of pyridine rings is 1. The molecule has 0 N–H and O–H groups in total.